The zero-order valence-corrected chi connectivity index (χ0v) is 11.7. The average Bonchev–Trinajstić information content (AvgIpc) is 2.17. The first-order valence-electron chi connectivity index (χ1n) is 5.83. The largest absolute Gasteiger partial charge is 0.301 e. The molecule has 1 aliphatic carbocycles. The van der Waals surface area contributed by atoms with Gasteiger partial charge in [0.25, 0.3) is 0 Å². The summed E-state index contributed by atoms with van der Waals surface area (Å²) in [4.78, 5) is 11.8. The maximum absolute atomic E-state index is 11.8. The van der Waals surface area contributed by atoms with Crippen LogP contribution in [0.1, 0.15) is 32.1 Å². The second kappa shape index (κ2) is 5.31. The molecule has 0 spiro atoms. The quantitative estimate of drug-likeness (QED) is 0.539. The van der Waals surface area contributed by atoms with Gasteiger partial charge >= 0.3 is 0 Å². The lowest BCUT2D eigenvalue weighted by molar-refractivity contribution is -0.108. The van der Waals surface area contributed by atoms with Crippen LogP contribution in [0.25, 0.3) is 0 Å². The SMILES string of the molecule is C[Si](C)(C)C(=O)/C=C(/Cl)C1CCCCC1. The second-order valence-electron chi connectivity index (χ2n) is 5.48. The summed E-state index contributed by atoms with van der Waals surface area (Å²) in [5.74, 6) is 0.459. The molecule has 0 aliphatic heterocycles. The summed E-state index contributed by atoms with van der Waals surface area (Å²) >= 11 is 6.22. The van der Waals surface area contributed by atoms with E-state index in [2.05, 4.69) is 19.6 Å². The summed E-state index contributed by atoms with van der Waals surface area (Å²) in [7, 11) is -1.69. The zero-order valence-electron chi connectivity index (χ0n) is 9.98. The van der Waals surface area contributed by atoms with Crippen molar-refractivity contribution < 1.29 is 4.79 Å². The Bertz CT molecular complexity index is 259. The minimum absolute atomic E-state index is 0.276. The van der Waals surface area contributed by atoms with Crippen molar-refractivity contribution >= 4 is 25.1 Å². The highest BCUT2D eigenvalue weighted by Crippen LogP contribution is 2.31. The molecule has 0 atom stereocenters. The number of allylic oxidation sites excluding steroid dienone is 2. The molecule has 3 heteroatoms. The summed E-state index contributed by atoms with van der Waals surface area (Å²) in [6.45, 7) is 6.20. The lowest BCUT2D eigenvalue weighted by Crippen LogP contribution is -2.32. The highest BCUT2D eigenvalue weighted by molar-refractivity contribution is 7.05. The molecule has 0 amide bonds. The van der Waals surface area contributed by atoms with Gasteiger partial charge in [0.15, 0.2) is 0 Å². The van der Waals surface area contributed by atoms with Gasteiger partial charge in [-0.2, -0.15) is 0 Å². The molecule has 86 valence electrons. The Balaban J connectivity index is 2.62. The fourth-order valence-electron chi connectivity index (χ4n) is 1.84. The van der Waals surface area contributed by atoms with E-state index in [1.54, 1.807) is 6.08 Å². The van der Waals surface area contributed by atoms with Crippen molar-refractivity contribution in [2.75, 3.05) is 0 Å². The van der Waals surface area contributed by atoms with Crippen LogP contribution < -0.4 is 0 Å². The van der Waals surface area contributed by atoms with Crippen LogP contribution >= 0.6 is 11.6 Å². The molecule has 1 nitrogen and oxygen atoms in total. The van der Waals surface area contributed by atoms with Crippen LogP contribution in [0.3, 0.4) is 0 Å². The molecular formula is C12H21ClOSi. The van der Waals surface area contributed by atoms with Crippen LogP contribution in [0, 0.1) is 5.92 Å². The molecule has 1 fully saturated rings. The fourth-order valence-corrected chi connectivity index (χ4v) is 2.84. The molecule has 0 aromatic rings. The van der Waals surface area contributed by atoms with Crippen LogP contribution in [0.15, 0.2) is 11.1 Å². The highest BCUT2D eigenvalue weighted by Gasteiger charge is 2.24. The van der Waals surface area contributed by atoms with Crippen molar-refractivity contribution in [2.45, 2.75) is 51.7 Å². The van der Waals surface area contributed by atoms with Crippen molar-refractivity contribution in [1.82, 2.24) is 0 Å². The standard InChI is InChI=1S/C12H21ClOSi/c1-15(2,3)12(14)9-11(13)10-7-5-4-6-8-10/h9-10H,4-8H2,1-3H3/b11-9+. The first-order valence-corrected chi connectivity index (χ1v) is 9.70. The number of carbonyl (C=O) groups excluding carboxylic acids is 1. The molecule has 0 saturated heterocycles. The van der Waals surface area contributed by atoms with E-state index in [-0.39, 0.29) is 5.41 Å². The zero-order chi connectivity index (χ0) is 11.5. The van der Waals surface area contributed by atoms with Crippen molar-refractivity contribution in [3.63, 3.8) is 0 Å². The molecule has 0 radical (unpaired) electrons. The van der Waals surface area contributed by atoms with Crippen LogP contribution in [-0.4, -0.2) is 13.5 Å². The Morgan fingerprint density at radius 3 is 2.20 bits per heavy atom. The summed E-state index contributed by atoms with van der Waals surface area (Å²) in [6, 6.07) is 0. The normalized spacial score (nSPS) is 20.4. The lowest BCUT2D eigenvalue weighted by Gasteiger charge is -2.21. The minimum Gasteiger partial charge on any atom is -0.301 e. The maximum Gasteiger partial charge on any atom is 0.133 e. The van der Waals surface area contributed by atoms with Gasteiger partial charge < -0.3 is 4.79 Å². The molecule has 0 aromatic heterocycles. The van der Waals surface area contributed by atoms with Crippen LogP contribution in [0.4, 0.5) is 0 Å². The smallest absolute Gasteiger partial charge is 0.133 e. The van der Waals surface area contributed by atoms with Crippen molar-refractivity contribution in [2.24, 2.45) is 5.92 Å². The number of hydrogen-bond donors (Lipinski definition) is 0. The summed E-state index contributed by atoms with van der Waals surface area (Å²) in [5.41, 5.74) is 0. The average molecular weight is 245 g/mol. The van der Waals surface area contributed by atoms with E-state index >= 15 is 0 Å². The molecule has 15 heavy (non-hydrogen) atoms. The fraction of sp³-hybridized carbons (Fsp3) is 0.750. The summed E-state index contributed by atoms with van der Waals surface area (Å²) in [5, 5.41) is 1.08. The summed E-state index contributed by atoms with van der Waals surface area (Å²) in [6.07, 6.45) is 7.88. The van der Waals surface area contributed by atoms with Gasteiger partial charge in [-0.3, -0.25) is 0 Å². The molecule has 0 N–H and O–H groups in total. The van der Waals surface area contributed by atoms with Gasteiger partial charge in [0.2, 0.25) is 0 Å². The van der Waals surface area contributed by atoms with Crippen LogP contribution in [-0.2, 0) is 4.79 Å². The monoisotopic (exact) mass is 244 g/mol. The Morgan fingerprint density at radius 2 is 1.73 bits per heavy atom. The lowest BCUT2D eigenvalue weighted by atomic mass is 9.89. The Kier molecular flexibility index (Phi) is 4.59. The predicted molar refractivity (Wildman–Crippen MR) is 68.9 cm³/mol. The second-order valence-corrected chi connectivity index (χ2v) is 10.9. The van der Waals surface area contributed by atoms with Crippen LogP contribution in [0.5, 0.6) is 0 Å². The molecular weight excluding hydrogens is 224 g/mol. The molecule has 1 rings (SSSR count). The van der Waals surface area contributed by atoms with E-state index < -0.39 is 8.07 Å². The van der Waals surface area contributed by atoms with Gasteiger partial charge in [0.05, 0.1) is 0 Å². The first kappa shape index (κ1) is 13.0. The van der Waals surface area contributed by atoms with Crippen molar-refractivity contribution in [3.05, 3.63) is 11.1 Å². The van der Waals surface area contributed by atoms with Crippen molar-refractivity contribution in [3.8, 4) is 0 Å². The van der Waals surface area contributed by atoms with E-state index in [1.165, 1.54) is 19.3 Å². The Labute approximate surface area is 98.9 Å². The molecule has 1 saturated carbocycles. The van der Waals surface area contributed by atoms with E-state index in [4.69, 9.17) is 11.6 Å². The third-order valence-electron chi connectivity index (χ3n) is 3.00. The van der Waals surface area contributed by atoms with Gasteiger partial charge in [-0.25, -0.2) is 0 Å². The minimum atomic E-state index is -1.69. The van der Waals surface area contributed by atoms with Gasteiger partial charge in [0.1, 0.15) is 13.5 Å². The Morgan fingerprint density at radius 1 is 1.20 bits per heavy atom. The van der Waals surface area contributed by atoms with Gasteiger partial charge in [-0.1, -0.05) is 50.5 Å². The van der Waals surface area contributed by atoms with Gasteiger partial charge in [-0.15, -0.1) is 0 Å². The maximum atomic E-state index is 11.8. The first-order chi connectivity index (χ1) is 6.91. The predicted octanol–water partition coefficient (Wildman–Crippen LogP) is 4.14. The van der Waals surface area contributed by atoms with E-state index in [9.17, 15) is 4.79 Å². The molecule has 0 bridgehead atoms. The van der Waals surface area contributed by atoms with E-state index in [1.807, 2.05) is 0 Å². The van der Waals surface area contributed by atoms with Crippen LogP contribution in [0.2, 0.25) is 19.6 Å². The van der Waals surface area contributed by atoms with Gasteiger partial charge in [0, 0.05) is 5.03 Å². The number of rotatable bonds is 3. The van der Waals surface area contributed by atoms with E-state index in [0.717, 1.165) is 17.9 Å². The Hall–Kier alpha value is -0.0831. The number of hydrogen-bond acceptors (Lipinski definition) is 1. The number of carbonyl (C=O) groups is 1. The topological polar surface area (TPSA) is 17.1 Å². The molecule has 1 aliphatic rings. The van der Waals surface area contributed by atoms with E-state index in [0.29, 0.717) is 5.92 Å². The third-order valence-corrected chi connectivity index (χ3v) is 5.04. The van der Waals surface area contributed by atoms with Crippen molar-refractivity contribution in [1.29, 1.82) is 0 Å². The molecule has 0 heterocycles. The molecule has 0 aromatic carbocycles. The van der Waals surface area contributed by atoms with Gasteiger partial charge in [-0.05, 0) is 24.8 Å². The highest BCUT2D eigenvalue weighted by atomic mass is 35.5. The molecule has 0 unspecified atom stereocenters. The summed E-state index contributed by atoms with van der Waals surface area (Å²) < 4.78 is 0. The third kappa shape index (κ3) is 4.11. The number of halogens is 1.